The van der Waals surface area contributed by atoms with E-state index in [-0.39, 0.29) is 11.4 Å². The van der Waals surface area contributed by atoms with Crippen molar-refractivity contribution in [3.63, 3.8) is 0 Å². The summed E-state index contributed by atoms with van der Waals surface area (Å²) in [7, 11) is 2.47. The van der Waals surface area contributed by atoms with E-state index in [0.717, 1.165) is 11.1 Å². The summed E-state index contributed by atoms with van der Waals surface area (Å²) in [5.41, 5.74) is 1.76. The van der Waals surface area contributed by atoms with Crippen LogP contribution in [-0.2, 0) is 10.0 Å². The van der Waals surface area contributed by atoms with Crippen molar-refractivity contribution in [2.24, 2.45) is 0 Å². The quantitative estimate of drug-likeness (QED) is 0.576. The average Bonchev–Trinajstić information content (AvgIpc) is 2.78. The Labute approximate surface area is 185 Å². The van der Waals surface area contributed by atoms with Gasteiger partial charge in [-0.1, -0.05) is 22.0 Å². The van der Waals surface area contributed by atoms with Gasteiger partial charge < -0.3 is 18.9 Å². The molecule has 9 heteroatoms. The highest BCUT2D eigenvalue weighted by molar-refractivity contribution is 9.10. The van der Waals surface area contributed by atoms with Gasteiger partial charge in [0.05, 0.1) is 34.0 Å². The summed E-state index contributed by atoms with van der Waals surface area (Å²) in [6.45, 7) is 0.549. The molecule has 7 nitrogen and oxygen atoms in total. The number of methoxy groups -OCH3 is 4. The molecule has 0 unspecified atom stereocenters. The summed E-state index contributed by atoms with van der Waals surface area (Å²) >= 11 is 3.34. The molecular weight excluding hydrogens is 474 g/mol. The fraction of sp³-hybridized carbons (Fsp3) is 0.333. The first kappa shape index (κ1) is 22.5. The molecule has 0 fully saturated rings. The molecule has 0 radical (unpaired) electrons. The standard InChI is InChI=1S/C21H24BrNO6S/c1-26-16-12-18(28-3)21(19(13-16)29-4)14-7-9-23(10-8-14)30(24,25)20-11-15(22)5-6-17(20)27-2/h5-7,11-13H,8-10H2,1-4H3. The van der Waals surface area contributed by atoms with E-state index in [9.17, 15) is 8.42 Å². The zero-order valence-corrected chi connectivity index (χ0v) is 19.7. The molecule has 0 saturated heterocycles. The van der Waals surface area contributed by atoms with Crippen LogP contribution in [0, 0.1) is 0 Å². The molecular formula is C21H24BrNO6S. The number of halogens is 1. The van der Waals surface area contributed by atoms with Gasteiger partial charge in [0.2, 0.25) is 10.0 Å². The van der Waals surface area contributed by atoms with Gasteiger partial charge in [0.25, 0.3) is 0 Å². The van der Waals surface area contributed by atoms with Gasteiger partial charge in [-0.25, -0.2) is 8.42 Å². The first-order valence-corrected chi connectivity index (χ1v) is 11.4. The molecule has 162 valence electrons. The minimum Gasteiger partial charge on any atom is -0.496 e. The molecule has 1 aliphatic heterocycles. The number of benzene rings is 2. The van der Waals surface area contributed by atoms with Gasteiger partial charge in [0.1, 0.15) is 27.9 Å². The van der Waals surface area contributed by atoms with E-state index in [2.05, 4.69) is 15.9 Å². The Hall–Kier alpha value is -2.23. The second-order valence-electron chi connectivity index (χ2n) is 6.54. The number of sulfonamides is 1. The number of ether oxygens (including phenoxy) is 4. The van der Waals surface area contributed by atoms with E-state index in [4.69, 9.17) is 18.9 Å². The predicted molar refractivity (Wildman–Crippen MR) is 118 cm³/mol. The van der Waals surface area contributed by atoms with Crippen molar-refractivity contribution in [3.8, 4) is 23.0 Å². The Morgan fingerprint density at radius 3 is 2.03 bits per heavy atom. The maximum Gasteiger partial charge on any atom is 0.247 e. The van der Waals surface area contributed by atoms with E-state index in [1.807, 2.05) is 6.08 Å². The largest absolute Gasteiger partial charge is 0.496 e. The maximum absolute atomic E-state index is 13.2. The molecule has 0 atom stereocenters. The first-order valence-electron chi connectivity index (χ1n) is 9.18. The van der Waals surface area contributed by atoms with Crippen LogP contribution in [0.25, 0.3) is 5.57 Å². The molecule has 3 rings (SSSR count). The highest BCUT2D eigenvalue weighted by atomic mass is 79.9. The molecule has 30 heavy (non-hydrogen) atoms. The van der Waals surface area contributed by atoms with Gasteiger partial charge in [-0.05, 0) is 30.2 Å². The highest BCUT2D eigenvalue weighted by Gasteiger charge is 2.30. The monoisotopic (exact) mass is 497 g/mol. The molecule has 0 aliphatic carbocycles. The minimum absolute atomic E-state index is 0.135. The van der Waals surface area contributed by atoms with E-state index in [1.54, 1.807) is 51.7 Å². The van der Waals surface area contributed by atoms with Crippen LogP contribution in [0.2, 0.25) is 0 Å². The lowest BCUT2D eigenvalue weighted by Crippen LogP contribution is -2.35. The van der Waals surface area contributed by atoms with Crippen LogP contribution in [0.5, 0.6) is 23.0 Å². The molecule has 0 saturated carbocycles. The fourth-order valence-electron chi connectivity index (χ4n) is 3.41. The minimum atomic E-state index is -3.72. The lowest BCUT2D eigenvalue weighted by molar-refractivity contribution is 0.372. The molecule has 0 bridgehead atoms. The summed E-state index contributed by atoms with van der Waals surface area (Å²) < 4.78 is 50.2. The van der Waals surface area contributed by atoms with Crippen LogP contribution in [0.1, 0.15) is 12.0 Å². The zero-order valence-electron chi connectivity index (χ0n) is 17.3. The highest BCUT2D eigenvalue weighted by Crippen LogP contribution is 2.41. The second-order valence-corrected chi connectivity index (χ2v) is 9.37. The number of hydrogen-bond acceptors (Lipinski definition) is 6. The van der Waals surface area contributed by atoms with E-state index in [1.165, 1.54) is 11.4 Å². The molecule has 1 heterocycles. The van der Waals surface area contributed by atoms with Gasteiger partial charge in [0.15, 0.2) is 0 Å². The van der Waals surface area contributed by atoms with Crippen LogP contribution in [0.4, 0.5) is 0 Å². The third-order valence-electron chi connectivity index (χ3n) is 4.95. The van der Waals surface area contributed by atoms with Crippen LogP contribution < -0.4 is 18.9 Å². The van der Waals surface area contributed by atoms with Gasteiger partial charge in [-0.3, -0.25) is 0 Å². The zero-order chi connectivity index (χ0) is 21.9. The number of hydrogen-bond donors (Lipinski definition) is 0. The second kappa shape index (κ2) is 9.28. The van der Waals surface area contributed by atoms with Crippen molar-refractivity contribution in [1.29, 1.82) is 0 Å². The molecule has 2 aromatic carbocycles. The number of rotatable bonds is 7. The van der Waals surface area contributed by atoms with Crippen LogP contribution in [0.3, 0.4) is 0 Å². The maximum atomic E-state index is 13.2. The van der Waals surface area contributed by atoms with Gasteiger partial charge >= 0.3 is 0 Å². The summed E-state index contributed by atoms with van der Waals surface area (Å²) in [4.78, 5) is 0.135. The van der Waals surface area contributed by atoms with Gasteiger partial charge in [-0.15, -0.1) is 0 Å². The van der Waals surface area contributed by atoms with Crippen molar-refractivity contribution in [2.45, 2.75) is 11.3 Å². The lowest BCUT2D eigenvalue weighted by Gasteiger charge is -2.28. The van der Waals surface area contributed by atoms with Crippen molar-refractivity contribution >= 4 is 31.5 Å². The lowest BCUT2D eigenvalue weighted by atomic mass is 9.98. The average molecular weight is 498 g/mol. The fourth-order valence-corrected chi connectivity index (χ4v) is 5.48. The van der Waals surface area contributed by atoms with Crippen molar-refractivity contribution in [2.75, 3.05) is 41.5 Å². The van der Waals surface area contributed by atoms with Gasteiger partial charge in [0, 0.05) is 29.7 Å². The smallest absolute Gasteiger partial charge is 0.247 e. The molecule has 0 N–H and O–H groups in total. The summed E-state index contributed by atoms with van der Waals surface area (Å²) in [5, 5.41) is 0. The Balaban J connectivity index is 1.95. The van der Waals surface area contributed by atoms with E-state index < -0.39 is 10.0 Å². The van der Waals surface area contributed by atoms with E-state index >= 15 is 0 Å². The van der Waals surface area contributed by atoms with Crippen molar-refractivity contribution in [1.82, 2.24) is 4.31 Å². The van der Waals surface area contributed by atoms with E-state index in [0.29, 0.717) is 40.4 Å². The summed E-state index contributed by atoms with van der Waals surface area (Å²) in [5.74, 6) is 2.16. The summed E-state index contributed by atoms with van der Waals surface area (Å²) in [6.07, 6.45) is 2.40. The van der Waals surface area contributed by atoms with Crippen LogP contribution in [0.15, 0.2) is 45.8 Å². The molecule has 0 amide bonds. The predicted octanol–water partition coefficient (Wildman–Crippen LogP) is 3.96. The first-order chi connectivity index (χ1) is 14.3. The Kier molecular flexibility index (Phi) is 6.95. The topological polar surface area (TPSA) is 74.3 Å². The molecule has 0 spiro atoms. The SMILES string of the molecule is COc1cc(OC)c(C2=CCN(S(=O)(=O)c3cc(Br)ccc3OC)CC2)c(OC)c1. The third-order valence-corrected chi connectivity index (χ3v) is 7.33. The molecule has 0 aromatic heterocycles. The Morgan fingerprint density at radius 1 is 0.900 bits per heavy atom. The normalized spacial score (nSPS) is 14.8. The molecule has 1 aliphatic rings. The van der Waals surface area contributed by atoms with Crippen molar-refractivity contribution < 1.29 is 27.4 Å². The van der Waals surface area contributed by atoms with Crippen LogP contribution in [-0.4, -0.2) is 54.3 Å². The third kappa shape index (κ3) is 4.28. The number of nitrogens with zero attached hydrogens (tertiary/aromatic N) is 1. The summed E-state index contributed by atoms with van der Waals surface area (Å²) in [6, 6.07) is 8.51. The molecule has 2 aromatic rings. The van der Waals surface area contributed by atoms with Gasteiger partial charge in [-0.2, -0.15) is 4.31 Å². The Bertz CT molecular complexity index is 1040. The Morgan fingerprint density at radius 2 is 1.53 bits per heavy atom. The van der Waals surface area contributed by atoms with Crippen LogP contribution >= 0.6 is 15.9 Å². The van der Waals surface area contributed by atoms with Crippen molar-refractivity contribution in [3.05, 3.63) is 46.4 Å².